The average molecular weight is 708 g/mol. The molecule has 0 unspecified atom stereocenters. The van der Waals surface area contributed by atoms with E-state index in [9.17, 15) is 0 Å². The Morgan fingerprint density at radius 3 is 1.29 bits per heavy atom. The first kappa shape index (κ1) is 44.2. The third kappa shape index (κ3) is 18.6. The maximum absolute atomic E-state index is 6.87. The fraction of sp³-hybridized carbons (Fsp3) is 0.833. The third-order valence-corrected chi connectivity index (χ3v) is 12.4. The molecule has 3 aliphatic rings. The summed E-state index contributed by atoms with van der Waals surface area (Å²) in [6.07, 6.45) is 60.2. The number of ether oxygens (including phenoxy) is 2. The summed E-state index contributed by atoms with van der Waals surface area (Å²) in [4.78, 5) is 2.37. The number of unbranched alkanes of at least 4 members (excludes halogenated alkanes) is 18. The third-order valence-electron chi connectivity index (χ3n) is 12.4. The molecule has 1 heterocycles. The second-order valence-corrected chi connectivity index (χ2v) is 17.2. The van der Waals surface area contributed by atoms with Crippen molar-refractivity contribution in [1.29, 1.82) is 0 Å². The first-order chi connectivity index (χ1) is 25.0. The zero-order valence-electron chi connectivity index (χ0n) is 34.5. The summed E-state index contributed by atoms with van der Waals surface area (Å²) < 4.78 is 13.7. The van der Waals surface area contributed by atoms with Gasteiger partial charge in [-0.25, -0.2) is 0 Å². The minimum atomic E-state index is -0.274. The lowest BCUT2D eigenvalue weighted by Gasteiger charge is -2.33. The molecular weight excluding hydrogens is 623 g/mol. The predicted octanol–water partition coefficient (Wildman–Crippen LogP) is 14.8. The van der Waals surface area contributed by atoms with Crippen molar-refractivity contribution in [2.45, 2.75) is 237 Å². The van der Waals surface area contributed by atoms with Gasteiger partial charge in [-0.1, -0.05) is 152 Å². The van der Waals surface area contributed by atoms with E-state index < -0.39 is 0 Å². The lowest BCUT2D eigenvalue weighted by Crippen LogP contribution is -2.33. The Morgan fingerprint density at radius 1 is 0.490 bits per heavy atom. The number of allylic oxidation sites excluding steroid dienone is 8. The molecule has 1 aliphatic heterocycles. The Bertz CT molecular complexity index is 900. The van der Waals surface area contributed by atoms with Crippen molar-refractivity contribution < 1.29 is 9.47 Å². The molecule has 0 amide bonds. The van der Waals surface area contributed by atoms with E-state index in [0.29, 0.717) is 23.7 Å². The van der Waals surface area contributed by atoms with Gasteiger partial charge in [0.15, 0.2) is 5.79 Å². The maximum atomic E-state index is 6.87. The Hall–Kier alpha value is -1.16. The topological polar surface area (TPSA) is 21.7 Å². The normalized spacial score (nSPS) is 21.7. The zero-order chi connectivity index (χ0) is 36.3. The zero-order valence-corrected chi connectivity index (χ0v) is 34.5. The van der Waals surface area contributed by atoms with Crippen LogP contribution in [0.15, 0.2) is 48.6 Å². The van der Waals surface area contributed by atoms with Crippen molar-refractivity contribution in [1.82, 2.24) is 4.90 Å². The Labute approximate surface area is 318 Å². The van der Waals surface area contributed by atoms with Gasteiger partial charge in [0.25, 0.3) is 0 Å². The summed E-state index contributed by atoms with van der Waals surface area (Å²) in [6, 6.07) is 0.611. The molecule has 3 fully saturated rings. The minimum Gasteiger partial charge on any atom is -0.344 e. The van der Waals surface area contributed by atoms with Gasteiger partial charge in [0.2, 0.25) is 0 Å². The van der Waals surface area contributed by atoms with Gasteiger partial charge < -0.3 is 14.4 Å². The van der Waals surface area contributed by atoms with E-state index in [1.54, 1.807) is 0 Å². The van der Waals surface area contributed by atoms with E-state index >= 15 is 0 Å². The van der Waals surface area contributed by atoms with Gasteiger partial charge in [-0.05, 0) is 116 Å². The van der Waals surface area contributed by atoms with Crippen LogP contribution in [-0.4, -0.2) is 43.0 Å². The van der Waals surface area contributed by atoms with Gasteiger partial charge >= 0.3 is 0 Å². The van der Waals surface area contributed by atoms with Crippen LogP contribution < -0.4 is 0 Å². The first-order valence-electron chi connectivity index (χ1n) is 22.6. The highest BCUT2D eigenvalue weighted by atomic mass is 16.8. The van der Waals surface area contributed by atoms with Crippen LogP contribution in [0.25, 0.3) is 0 Å². The molecule has 3 heteroatoms. The SMILES string of the molecule is CCCCC/C=C\C/C=C\CCCCCCCCC1(CCCCCCCC/C=C\C/C=C\CCCCC)CCC2(C1)O[C@H]1CC(N(C)C)C[C@@H]1O2. The minimum absolute atomic E-state index is 0.274. The molecule has 0 N–H and O–H groups in total. The van der Waals surface area contributed by atoms with E-state index in [1.807, 2.05) is 0 Å². The number of hydrogen-bond donors (Lipinski definition) is 0. The largest absolute Gasteiger partial charge is 0.344 e. The lowest BCUT2D eigenvalue weighted by atomic mass is 9.76. The number of hydrogen-bond acceptors (Lipinski definition) is 3. The summed E-state index contributed by atoms with van der Waals surface area (Å²) in [5.41, 5.74) is 0.435. The molecule has 0 aromatic heterocycles. The van der Waals surface area contributed by atoms with E-state index in [-0.39, 0.29) is 5.79 Å². The van der Waals surface area contributed by atoms with Crippen molar-refractivity contribution in [3.8, 4) is 0 Å². The molecule has 0 aromatic carbocycles. The predicted molar refractivity (Wildman–Crippen MR) is 223 cm³/mol. The molecule has 0 radical (unpaired) electrons. The monoisotopic (exact) mass is 708 g/mol. The van der Waals surface area contributed by atoms with Crippen molar-refractivity contribution in [2.75, 3.05) is 14.1 Å². The van der Waals surface area contributed by atoms with E-state index in [4.69, 9.17) is 9.47 Å². The van der Waals surface area contributed by atoms with E-state index in [1.165, 1.54) is 161 Å². The van der Waals surface area contributed by atoms with Gasteiger partial charge in [0.1, 0.15) is 0 Å². The average Bonchev–Trinajstić information content (AvgIpc) is 3.79. The van der Waals surface area contributed by atoms with Crippen LogP contribution in [0.3, 0.4) is 0 Å². The van der Waals surface area contributed by atoms with E-state index in [0.717, 1.165) is 38.5 Å². The molecule has 2 atom stereocenters. The van der Waals surface area contributed by atoms with Crippen LogP contribution in [0.2, 0.25) is 0 Å². The Kier molecular flexibility index (Phi) is 23.8. The number of fused-ring (bicyclic) bond motifs is 1. The molecule has 1 spiro atoms. The lowest BCUT2D eigenvalue weighted by molar-refractivity contribution is -0.182. The highest BCUT2D eigenvalue weighted by Gasteiger charge is 2.58. The van der Waals surface area contributed by atoms with E-state index in [2.05, 4.69) is 81.5 Å². The Morgan fingerprint density at radius 2 is 0.882 bits per heavy atom. The van der Waals surface area contributed by atoms with Crippen LogP contribution >= 0.6 is 0 Å². The molecule has 2 aliphatic carbocycles. The molecule has 3 nitrogen and oxygen atoms in total. The van der Waals surface area contributed by atoms with Gasteiger partial charge in [-0.3, -0.25) is 0 Å². The van der Waals surface area contributed by atoms with Gasteiger partial charge in [0.05, 0.1) is 12.2 Å². The molecule has 51 heavy (non-hydrogen) atoms. The van der Waals surface area contributed by atoms with Crippen molar-refractivity contribution >= 4 is 0 Å². The molecule has 0 bridgehead atoms. The van der Waals surface area contributed by atoms with Crippen LogP contribution in [0, 0.1) is 5.41 Å². The van der Waals surface area contributed by atoms with Crippen molar-refractivity contribution in [3.05, 3.63) is 48.6 Å². The second-order valence-electron chi connectivity index (χ2n) is 17.2. The Balaban J connectivity index is 1.29. The van der Waals surface area contributed by atoms with Gasteiger partial charge in [-0.15, -0.1) is 0 Å². The summed E-state index contributed by atoms with van der Waals surface area (Å²) in [5.74, 6) is -0.274. The summed E-state index contributed by atoms with van der Waals surface area (Å²) in [7, 11) is 4.42. The molecule has 1 saturated heterocycles. The maximum Gasteiger partial charge on any atom is 0.169 e. The molecule has 2 saturated carbocycles. The molecule has 294 valence electrons. The second kappa shape index (κ2) is 27.4. The number of nitrogens with zero attached hydrogens (tertiary/aromatic N) is 1. The fourth-order valence-corrected chi connectivity index (χ4v) is 9.12. The first-order valence-corrected chi connectivity index (χ1v) is 22.6. The molecule has 0 aromatic rings. The van der Waals surface area contributed by atoms with Crippen LogP contribution in [0.1, 0.15) is 213 Å². The van der Waals surface area contributed by atoms with Crippen molar-refractivity contribution in [2.24, 2.45) is 5.41 Å². The molecule has 3 rings (SSSR count). The van der Waals surface area contributed by atoms with Crippen LogP contribution in [0.5, 0.6) is 0 Å². The van der Waals surface area contributed by atoms with Gasteiger partial charge in [-0.2, -0.15) is 0 Å². The summed E-state index contributed by atoms with van der Waals surface area (Å²) in [6.45, 7) is 4.55. The van der Waals surface area contributed by atoms with Gasteiger partial charge in [0, 0.05) is 18.9 Å². The fourth-order valence-electron chi connectivity index (χ4n) is 9.12. The molecular formula is C48H85NO2. The van der Waals surface area contributed by atoms with Crippen LogP contribution in [0.4, 0.5) is 0 Å². The summed E-state index contributed by atoms with van der Waals surface area (Å²) >= 11 is 0. The smallest absolute Gasteiger partial charge is 0.169 e. The highest BCUT2D eigenvalue weighted by Crippen LogP contribution is 2.57. The standard InChI is InChI=1S/C48H85NO2/c1-5-7-9-11-13-15-17-19-21-23-25-27-29-31-33-35-37-47(39-40-48(43-47)50-45-41-44(49(3)4)42-46(45)51-48)38-36-34-32-30-28-26-24-22-20-18-16-14-12-10-8-6-2/h13-16,19-22,44-46H,5-12,17-18,23-43H2,1-4H3/b15-13-,16-14-,21-19-,22-20-/t44?,45-,46-,48?/m0/s1. The van der Waals surface area contributed by atoms with Crippen LogP contribution in [-0.2, 0) is 9.47 Å². The quantitative estimate of drug-likeness (QED) is 0.0529. The highest BCUT2D eigenvalue weighted by molar-refractivity contribution is 5.03. The van der Waals surface area contributed by atoms with Crippen molar-refractivity contribution in [3.63, 3.8) is 0 Å². The summed E-state index contributed by atoms with van der Waals surface area (Å²) in [5, 5.41) is 0. The number of rotatable bonds is 31.